The van der Waals surface area contributed by atoms with E-state index in [1.807, 2.05) is 18.9 Å². The molecular weight excluding hydrogens is 208 g/mol. The van der Waals surface area contributed by atoms with Crippen LogP contribution in [-0.4, -0.2) is 29.7 Å². The van der Waals surface area contributed by atoms with E-state index in [4.69, 9.17) is 9.52 Å². The van der Waals surface area contributed by atoms with Gasteiger partial charge in [0.2, 0.25) is 0 Å². The molecule has 0 saturated carbocycles. The summed E-state index contributed by atoms with van der Waals surface area (Å²) in [6.45, 7) is 2.71. The van der Waals surface area contributed by atoms with Gasteiger partial charge in [0, 0.05) is 13.6 Å². The summed E-state index contributed by atoms with van der Waals surface area (Å²) >= 11 is 0. The van der Waals surface area contributed by atoms with Crippen molar-refractivity contribution in [1.82, 2.24) is 4.98 Å². The molecule has 0 saturated heterocycles. The lowest BCUT2D eigenvalue weighted by molar-refractivity contribution is 0.0699. The number of rotatable bonds is 3. The molecule has 0 amide bonds. The third kappa shape index (κ3) is 1.60. The minimum absolute atomic E-state index is 0.164. The lowest BCUT2D eigenvalue weighted by atomic mass is 10.2. The summed E-state index contributed by atoms with van der Waals surface area (Å²) in [4.78, 5) is 17.0. The predicted octanol–water partition coefficient (Wildman–Crippen LogP) is 1.98. The van der Waals surface area contributed by atoms with Crippen LogP contribution in [0.1, 0.15) is 17.3 Å². The molecule has 1 N–H and O–H groups in total. The van der Waals surface area contributed by atoms with Crippen molar-refractivity contribution in [1.29, 1.82) is 0 Å². The van der Waals surface area contributed by atoms with Gasteiger partial charge >= 0.3 is 5.97 Å². The van der Waals surface area contributed by atoms with Gasteiger partial charge in [0.1, 0.15) is 5.52 Å². The van der Waals surface area contributed by atoms with Crippen LogP contribution < -0.4 is 4.90 Å². The van der Waals surface area contributed by atoms with Crippen LogP contribution in [0.3, 0.4) is 0 Å². The van der Waals surface area contributed by atoms with Crippen LogP contribution in [0.15, 0.2) is 22.6 Å². The number of benzene rings is 1. The van der Waals surface area contributed by atoms with Crippen molar-refractivity contribution in [2.24, 2.45) is 0 Å². The molecule has 0 spiro atoms. The van der Waals surface area contributed by atoms with Crippen molar-refractivity contribution < 1.29 is 14.3 Å². The molecule has 0 aliphatic carbocycles. The number of anilines is 1. The number of oxazole rings is 1. The molecule has 0 atom stereocenters. The maximum absolute atomic E-state index is 11.0. The van der Waals surface area contributed by atoms with E-state index in [2.05, 4.69) is 4.98 Å². The van der Waals surface area contributed by atoms with Crippen LogP contribution in [0.4, 0.5) is 6.01 Å². The maximum Gasteiger partial charge on any atom is 0.338 e. The fraction of sp³-hybridized carbons (Fsp3) is 0.273. The second-order valence-electron chi connectivity index (χ2n) is 3.47. The normalized spacial score (nSPS) is 10.6. The average Bonchev–Trinajstić information content (AvgIpc) is 2.70. The molecule has 16 heavy (non-hydrogen) atoms. The van der Waals surface area contributed by atoms with Crippen molar-refractivity contribution in [3.63, 3.8) is 0 Å². The van der Waals surface area contributed by atoms with E-state index >= 15 is 0 Å². The van der Waals surface area contributed by atoms with Gasteiger partial charge in [-0.3, -0.25) is 0 Å². The van der Waals surface area contributed by atoms with Crippen molar-refractivity contribution in [3.05, 3.63) is 23.8 Å². The Morgan fingerprint density at radius 2 is 2.31 bits per heavy atom. The fourth-order valence-electron chi connectivity index (χ4n) is 1.41. The number of nitrogens with zero attached hydrogens (tertiary/aromatic N) is 2. The highest BCUT2D eigenvalue weighted by molar-refractivity contribution is 6.00. The van der Waals surface area contributed by atoms with Crippen LogP contribution in [-0.2, 0) is 0 Å². The van der Waals surface area contributed by atoms with Gasteiger partial charge in [-0.2, -0.15) is 4.98 Å². The summed E-state index contributed by atoms with van der Waals surface area (Å²) < 4.78 is 5.46. The minimum Gasteiger partial charge on any atom is -0.478 e. The highest BCUT2D eigenvalue weighted by Gasteiger charge is 2.15. The van der Waals surface area contributed by atoms with Gasteiger partial charge < -0.3 is 14.4 Å². The summed E-state index contributed by atoms with van der Waals surface area (Å²) in [5.74, 6) is -0.996. The Kier molecular flexibility index (Phi) is 2.52. The molecule has 1 aromatic heterocycles. The number of hydrogen-bond donors (Lipinski definition) is 1. The van der Waals surface area contributed by atoms with E-state index in [1.54, 1.807) is 12.1 Å². The first kappa shape index (κ1) is 10.5. The Morgan fingerprint density at radius 3 is 2.94 bits per heavy atom. The van der Waals surface area contributed by atoms with Gasteiger partial charge in [0.25, 0.3) is 6.01 Å². The number of carboxylic acid groups (broad SMARTS) is 1. The van der Waals surface area contributed by atoms with Gasteiger partial charge in [0.05, 0.1) is 5.56 Å². The van der Waals surface area contributed by atoms with Crippen molar-refractivity contribution >= 4 is 23.1 Å². The number of aromatic nitrogens is 1. The highest BCUT2D eigenvalue weighted by Crippen LogP contribution is 2.23. The molecule has 2 rings (SSSR count). The second-order valence-corrected chi connectivity index (χ2v) is 3.47. The number of carboxylic acids is 1. The minimum atomic E-state index is -0.996. The second kappa shape index (κ2) is 3.84. The molecule has 5 heteroatoms. The Morgan fingerprint density at radius 1 is 1.56 bits per heavy atom. The molecule has 0 radical (unpaired) electrons. The molecular formula is C11H12N2O3. The Hall–Kier alpha value is -2.04. The van der Waals surface area contributed by atoms with Gasteiger partial charge in [-0.1, -0.05) is 6.07 Å². The van der Waals surface area contributed by atoms with E-state index in [1.165, 1.54) is 6.07 Å². The molecule has 1 heterocycles. The van der Waals surface area contributed by atoms with Crippen molar-refractivity contribution in [2.75, 3.05) is 18.5 Å². The smallest absolute Gasteiger partial charge is 0.338 e. The number of fused-ring (bicyclic) bond motifs is 1. The lowest BCUT2D eigenvalue weighted by Gasteiger charge is -2.09. The van der Waals surface area contributed by atoms with Gasteiger partial charge in [0.15, 0.2) is 5.58 Å². The third-order valence-electron chi connectivity index (χ3n) is 2.44. The molecule has 0 aliphatic rings. The zero-order valence-electron chi connectivity index (χ0n) is 9.10. The first-order valence-corrected chi connectivity index (χ1v) is 4.97. The predicted molar refractivity (Wildman–Crippen MR) is 59.9 cm³/mol. The fourth-order valence-corrected chi connectivity index (χ4v) is 1.41. The van der Waals surface area contributed by atoms with Gasteiger partial charge in [-0.25, -0.2) is 4.79 Å². The van der Waals surface area contributed by atoms with E-state index in [9.17, 15) is 4.79 Å². The van der Waals surface area contributed by atoms with E-state index in [0.29, 0.717) is 17.1 Å². The van der Waals surface area contributed by atoms with Crippen molar-refractivity contribution in [2.45, 2.75) is 6.92 Å². The molecule has 1 aromatic carbocycles. The zero-order chi connectivity index (χ0) is 11.7. The Labute approximate surface area is 92.3 Å². The topological polar surface area (TPSA) is 66.6 Å². The molecule has 0 unspecified atom stereocenters. The maximum atomic E-state index is 11.0. The molecule has 0 aliphatic heterocycles. The quantitative estimate of drug-likeness (QED) is 0.856. The summed E-state index contributed by atoms with van der Waals surface area (Å²) in [7, 11) is 1.84. The molecule has 0 bridgehead atoms. The molecule has 0 fully saturated rings. The van der Waals surface area contributed by atoms with Crippen molar-refractivity contribution in [3.8, 4) is 0 Å². The van der Waals surface area contributed by atoms with Crippen LogP contribution >= 0.6 is 0 Å². The highest BCUT2D eigenvalue weighted by atomic mass is 16.4. The number of para-hydroxylation sites is 1. The molecule has 84 valence electrons. The largest absolute Gasteiger partial charge is 0.478 e. The van der Waals surface area contributed by atoms with Gasteiger partial charge in [-0.05, 0) is 19.1 Å². The summed E-state index contributed by atoms with van der Waals surface area (Å²) in [5.41, 5.74) is 1.05. The Balaban J connectivity index is 2.61. The third-order valence-corrected chi connectivity index (χ3v) is 2.44. The number of hydrogen-bond acceptors (Lipinski definition) is 4. The molecule has 5 nitrogen and oxygen atoms in total. The first-order valence-electron chi connectivity index (χ1n) is 4.97. The van der Waals surface area contributed by atoms with Gasteiger partial charge in [-0.15, -0.1) is 0 Å². The molecule has 2 aromatic rings. The van der Waals surface area contributed by atoms with Crippen LogP contribution in [0, 0.1) is 0 Å². The van der Waals surface area contributed by atoms with E-state index in [-0.39, 0.29) is 5.56 Å². The zero-order valence-corrected chi connectivity index (χ0v) is 9.10. The lowest BCUT2D eigenvalue weighted by Crippen LogP contribution is -2.15. The average molecular weight is 220 g/mol. The first-order chi connectivity index (χ1) is 7.63. The summed E-state index contributed by atoms with van der Waals surface area (Å²) in [5, 5.41) is 8.99. The number of carbonyl (C=O) groups is 1. The van der Waals surface area contributed by atoms with Crippen LogP contribution in [0.2, 0.25) is 0 Å². The van der Waals surface area contributed by atoms with E-state index < -0.39 is 5.97 Å². The van der Waals surface area contributed by atoms with Crippen LogP contribution in [0.5, 0.6) is 0 Å². The standard InChI is InChI=1S/C11H12N2O3/c1-3-13(2)11-12-9-7(10(14)15)5-4-6-8(9)16-11/h4-6H,3H2,1-2H3,(H,14,15). The monoisotopic (exact) mass is 220 g/mol. The van der Waals surface area contributed by atoms with E-state index in [0.717, 1.165) is 6.54 Å². The number of aromatic carboxylic acids is 1. The SMILES string of the molecule is CCN(C)c1nc2c(C(=O)O)cccc2o1. The van der Waals surface area contributed by atoms with Crippen LogP contribution in [0.25, 0.3) is 11.1 Å². The summed E-state index contributed by atoms with van der Waals surface area (Å²) in [6.07, 6.45) is 0. The summed E-state index contributed by atoms with van der Waals surface area (Å²) in [6, 6.07) is 5.31. The Bertz CT molecular complexity index is 533.